The average Bonchev–Trinajstić information content (AvgIpc) is 2.64. The first kappa shape index (κ1) is 16.8. The Morgan fingerprint density at radius 3 is 2.65 bits per heavy atom. The molecule has 20 heavy (non-hydrogen) atoms. The van der Waals surface area contributed by atoms with Crippen LogP contribution < -0.4 is 0 Å². The molecule has 5 nitrogen and oxygen atoms in total. The topological polar surface area (TPSA) is 66.8 Å². The van der Waals surface area contributed by atoms with Gasteiger partial charge in [0.05, 0.1) is 19.8 Å². The summed E-state index contributed by atoms with van der Waals surface area (Å²) in [5, 5.41) is 9.04. The van der Waals surface area contributed by atoms with Gasteiger partial charge in [-0.2, -0.15) is 8.78 Å². The molecule has 1 rings (SSSR count). The molecule has 1 fully saturated rings. The maximum Gasteiger partial charge on any atom is 0.326 e. The number of esters is 1. The summed E-state index contributed by atoms with van der Waals surface area (Å²) in [5.74, 6) is -4.80. The van der Waals surface area contributed by atoms with Gasteiger partial charge in [0.2, 0.25) is 0 Å². The molecule has 116 valence electrons. The Hall–Kier alpha value is -1.24. The van der Waals surface area contributed by atoms with Gasteiger partial charge in [-0.3, -0.25) is 9.59 Å². The summed E-state index contributed by atoms with van der Waals surface area (Å²) in [4.78, 5) is 23.4. The van der Waals surface area contributed by atoms with Crippen LogP contribution in [0.1, 0.15) is 38.5 Å². The number of carbonyl (C=O) groups is 2. The van der Waals surface area contributed by atoms with E-state index >= 15 is 0 Å². The zero-order chi connectivity index (χ0) is 15.2. The number of ether oxygens (including phenoxy) is 1. The summed E-state index contributed by atoms with van der Waals surface area (Å²) in [6, 6.07) is -0.785. The zero-order valence-electron chi connectivity index (χ0n) is 11.6. The number of aliphatic hydroxyl groups excluding tert-OH is 1. The van der Waals surface area contributed by atoms with Crippen molar-refractivity contribution in [2.45, 2.75) is 50.5 Å². The van der Waals surface area contributed by atoms with Crippen molar-refractivity contribution in [3.63, 3.8) is 0 Å². The van der Waals surface area contributed by atoms with E-state index in [9.17, 15) is 18.4 Å². The van der Waals surface area contributed by atoms with Crippen LogP contribution in [0.2, 0.25) is 0 Å². The van der Waals surface area contributed by atoms with E-state index in [0.29, 0.717) is 19.3 Å². The fourth-order valence-electron chi connectivity index (χ4n) is 2.32. The van der Waals surface area contributed by atoms with Crippen molar-refractivity contribution >= 4 is 11.9 Å². The third kappa shape index (κ3) is 4.40. The third-order valence-electron chi connectivity index (χ3n) is 3.47. The molecule has 7 heteroatoms. The van der Waals surface area contributed by atoms with Gasteiger partial charge in [-0.1, -0.05) is 12.8 Å². The Labute approximate surface area is 116 Å². The molecular formula is C13H21F2NO4. The van der Waals surface area contributed by atoms with Gasteiger partial charge >= 0.3 is 11.9 Å². The third-order valence-corrected chi connectivity index (χ3v) is 3.47. The lowest BCUT2D eigenvalue weighted by molar-refractivity contribution is -0.148. The van der Waals surface area contributed by atoms with E-state index in [1.807, 2.05) is 0 Å². The summed E-state index contributed by atoms with van der Waals surface area (Å²) >= 11 is 0. The van der Waals surface area contributed by atoms with Gasteiger partial charge in [-0.25, -0.2) is 0 Å². The van der Waals surface area contributed by atoms with Crippen LogP contribution in [0.25, 0.3) is 0 Å². The highest BCUT2D eigenvalue weighted by atomic mass is 19.3. The van der Waals surface area contributed by atoms with Crippen LogP contribution in [0.4, 0.5) is 8.78 Å². The van der Waals surface area contributed by atoms with Crippen LogP contribution in [0.5, 0.6) is 0 Å². The Kier molecular flexibility index (Phi) is 6.32. The monoisotopic (exact) mass is 293 g/mol. The predicted molar refractivity (Wildman–Crippen MR) is 67.3 cm³/mol. The molecule has 0 unspecified atom stereocenters. The lowest BCUT2D eigenvalue weighted by Crippen LogP contribution is -2.38. The smallest absolute Gasteiger partial charge is 0.326 e. The lowest BCUT2D eigenvalue weighted by atomic mass is 10.1. The van der Waals surface area contributed by atoms with Crippen molar-refractivity contribution in [2.75, 3.05) is 20.3 Å². The summed E-state index contributed by atoms with van der Waals surface area (Å²) in [6.07, 6.45) is 2.52. The van der Waals surface area contributed by atoms with Gasteiger partial charge in [-0.15, -0.1) is 0 Å². The van der Waals surface area contributed by atoms with Crippen molar-refractivity contribution < 1.29 is 28.2 Å². The number of likely N-dealkylation sites (tertiary alicyclic amines) is 1. The largest absolute Gasteiger partial charge is 0.469 e. The second-order valence-electron chi connectivity index (χ2n) is 4.98. The second kappa shape index (κ2) is 7.52. The van der Waals surface area contributed by atoms with Gasteiger partial charge in [0.1, 0.15) is 0 Å². The number of hydrogen-bond acceptors (Lipinski definition) is 4. The molecule has 1 N–H and O–H groups in total. The number of rotatable bonds is 8. The van der Waals surface area contributed by atoms with E-state index in [4.69, 9.17) is 5.11 Å². The summed E-state index contributed by atoms with van der Waals surface area (Å²) in [6.45, 7) is -0.221. The Morgan fingerprint density at radius 2 is 2.05 bits per heavy atom. The van der Waals surface area contributed by atoms with E-state index in [1.165, 1.54) is 7.11 Å². The Bertz CT molecular complexity index is 349. The normalized spacial score (nSPS) is 21.3. The van der Waals surface area contributed by atoms with Crippen LogP contribution in [0.3, 0.4) is 0 Å². The molecule has 0 aromatic rings. The number of unbranched alkanes of at least 4 members (excludes halogenated alkanes) is 3. The minimum atomic E-state index is -3.35. The van der Waals surface area contributed by atoms with Crippen LogP contribution in [0.15, 0.2) is 0 Å². The van der Waals surface area contributed by atoms with Crippen molar-refractivity contribution in [3.05, 3.63) is 0 Å². The van der Waals surface area contributed by atoms with Crippen LogP contribution >= 0.6 is 0 Å². The molecule has 0 spiro atoms. The van der Waals surface area contributed by atoms with Crippen molar-refractivity contribution in [1.29, 1.82) is 0 Å². The first-order valence-corrected chi connectivity index (χ1v) is 6.79. The molecule has 1 aliphatic rings. The Morgan fingerprint density at radius 1 is 1.40 bits per heavy atom. The molecule has 0 saturated carbocycles. The Balaban J connectivity index is 2.24. The molecule has 0 aliphatic carbocycles. The number of nitrogens with zero attached hydrogens (tertiary/aromatic N) is 1. The van der Waals surface area contributed by atoms with E-state index in [-0.39, 0.29) is 12.5 Å². The molecule has 1 heterocycles. The minimum Gasteiger partial charge on any atom is -0.469 e. The second-order valence-corrected chi connectivity index (χ2v) is 4.98. The zero-order valence-corrected chi connectivity index (χ0v) is 11.6. The van der Waals surface area contributed by atoms with Crippen LogP contribution in [-0.2, 0) is 14.3 Å². The fourth-order valence-corrected chi connectivity index (χ4v) is 2.32. The maximum absolute atomic E-state index is 13.2. The highest BCUT2D eigenvalue weighted by molar-refractivity contribution is 5.86. The van der Waals surface area contributed by atoms with Gasteiger partial charge < -0.3 is 14.7 Å². The van der Waals surface area contributed by atoms with E-state index in [2.05, 4.69) is 4.74 Å². The molecule has 1 aliphatic heterocycles. The van der Waals surface area contributed by atoms with E-state index < -0.39 is 30.9 Å². The molecule has 0 bridgehead atoms. The molecule has 0 radical (unpaired) electrons. The van der Waals surface area contributed by atoms with Crippen molar-refractivity contribution in [2.24, 2.45) is 0 Å². The summed E-state index contributed by atoms with van der Waals surface area (Å²) in [5.41, 5.74) is 0. The molecule has 1 atom stereocenters. The number of halogens is 2. The number of aliphatic hydroxyl groups is 1. The molecule has 0 aromatic carbocycles. The first-order valence-electron chi connectivity index (χ1n) is 6.79. The molecule has 1 saturated heterocycles. The van der Waals surface area contributed by atoms with Gasteiger partial charge in [0.25, 0.3) is 5.91 Å². The number of amides is 1. The quantitative estimate of drug-likeness (QED) is 0.542. The van der Waals surface area contributed by atoms with Crippen LogP contribution in [0, 0.1) is 0 Å². The van der Waals surface area contributed by atoms with Crippen molar-refractivity contribution in [1.82, 2.24) is 4.90 Å². The highest BCUT2D eigenvalue weighted by Gasteiger charge is 2.52. The number of methoxy groups -OCH3 is 1. The van der Waals surface area contributed by atoms with Gasteiger partial charge in [0, 0.05) is 19.4 Å². The number of alkyl halides is 2. The number of carbonyl (C=O) groups excluding carboxylic acids is 2. The minimum absolute atomic E-state index is 0.220. The van der Waals surface area contributed by atoms with Gasteiger partial charge in [-0.05, 0) is 12.8 Å². The predicted octanol–water partition coefficient (Wildman–Crippen LogP) is 1.34. The molecule has 1 amide bonds. The molecular weight excluding hydrogens is 272 g/mol. The van der Waals surface area contributed by atoms with Gasteiger partial charge in [0.15, 0.2) is 0 Å². The summed E-state index contributed by atoms with van der Waals surface area (Å²) < 4.78 is 31.0. The first-order chi connectivity index (χ1) is 9.42. The number of hydrogen-bond donors (Lipinski definition) is 1. The highest BCUT2D eigenvalue weighted by Crippen LogP contribution is 2.33. The molecule has 0 aromatic heterocycles. The SMILES string of the molecule is COC(=O)CCCCCCN1C(=O)C(F)(F)C[C@@H]1CO. The summed E-state index contributed by atoms with van der Waals surface area (Å²) in [7, 11) is 1.33. The fraction of sp³-hybridized carbons (Fsp3) is 0.846. The van der Waals surface area contributed by atoms with E-state index in [1.54, 1.807) is 0 Å². The maximum atomic E-state index is 13.2. The van der Waals surface area contributed by atoms with Crippen molar-refractivity contribution in [3.8, 4) is 0 Å². The van der Waals surface area contributed by atoms with Crippen LogP contribution in [-0.4, -0.2) is 54.1 Å². The van der Waals surface area contributed by atoms with E-state index in [0.717, 1.165) is 17.7 Å². The average molecular weight is 293 g/mol. The standard InChI is InChI=1S/C13H21F2NO4/c1-20-11(18)6-4-2-3-5-7-16-10(9-17)8-13(14,15)12(16)19/h10,17H,2-9H2,1H3/t10-/m1/s1. The lowest BCUT2D eigenvalue weighted by Gasteiger charge is -2.22.